The Labute approximate surface area is 111 Å². The summed E-state index contributed by atoms with van der Waals surface area (Å²) in [6, 6.07) is 2.08. The number of nitrogens with two attached hydrogens (primary N) is 1. The van der Waals surface area contributed by atoms with E-state index in [4.69, 9.17) is 5.73 Å². The van der Waals surface area contributed by atoms with E-state index in [0.29, 0.717) is 6.54 Å². The molecule has 3 N–H and O–H groups in total. The third-order valence-corrected chi connectivity index (χ3v) is 4.67. The molecule has 96 valence electrons. The fraction of sp³-hybridized carbons (Fsp3) is 0.538. The second kappa shape index (κ2) is 4.82. The SMILES string of the molecule is NCC1(Nc2ncnc3sccc23)CCCCC1. The molecular formula is C13H18N4S. The summed E-state index contributed by atoms with van der Waals surface area (Å²) >= 11 is 1.65. The molecule has 1 saturated carbocycles. The molecule has 1 aliphatic rings. The molecule has 3 rings (SSSR count). The van der Waals surface area contributed by atoms with E-state index < -0.39 is 0 Å². The van der Waals surface area contributed by atoms with Crippen molar-refractivity contribution in [3.05, 3.63) is 17.8 Å². The van der Waals surface area contributed by atoms with Gasteiger partial charge in [-0.1, -0.05) is 19.3 Å². The van der Waals surface area contributed by atoms with Crippen LogP contribution in [-0.2, 0) is 0 Å². The van der Waals surface area contributed by atoms with Gasteiger partial charge in [0.25, 0.3) is 0 Å². The molecule has 0 spiro atoms. The third kappa shape index (κ3) is 2.08. The molecule has 4 nitrogen and oxygen atoms in total. The molecule has 2 aromatic heterocycles. The van der Waals surface area contributed by atoms with Gasteiger partial charge < -0.3 is 11.1 Å². The van der Waals surface area contributed by atoms with E-state index in [1.807, 2.05) is 0 Å². The molecule has 2 heterocycles. The highest BCUT2D eigenvalue weighted by atomic mass is 32.1. The van der Waals surface area contributed by atoms with Crippen LogP contribution in [0.5, 0.6) is 0 Å². The monoisotopic (exact) mass is 262 g/mol. The quantitative estimate of drug-likeness (QED) is 0.892. The van der Waals surface area contributed by atoms with E-state index in [2.05, 4.69) is 26.7 Å². The number of anilines is 1. The number of fused-ring (bicyclic) bond motifs is 1. The summed E-state index contributed by atoms with van der Waals surface area (Å²) in [5, 5.41) is 6.77. The molecule has 5 heteroatoms. The topological polar surface area (TPSA) is 63.8 Å². The Hall–Kier alpha value is -1.20. The molecule has 1 aliphatic carbocycles. The lowest BCUT2D eigenvalue weighted by molar-refractivity contribution is 0.330. The smallest absolute Gasteiger partial charge is 0.138 e. The molecule has 2 aromatic rings. The highest BCUT2D eigenvalue weighted by Gasteiger charge is 2.31. The molecule has 0 unspecified atom stereocenters. The highest BCUT2D eigenvalue weighted by molar-refractivity contribution is 7.16. The second-order valence-corrected chi connectivity index (χ2v) is 5.93. The normalized spacial score (nSPS) is 18.9. The van der Waals surface area contributed by atoms with Crippen LogP contribution in [0.2, 0.25) is 0 Å². The molecule has 0 aromatic carbocycles. The van der Waals surface area contributed by atoms with E-state index in [9.17, 15) is 0 Å². The van der Waals surface area contributed by atoms with Gasteiger partial charge in [0.1, 0.15) is 17.0 Å². The van der Waals surface area contributed by atoms with Crippen LogP contribution in [0.3, 0.4) is 0 Å². The zero-order valence-corrected chi connectivity index (χ0v) is 11.2. The van der Waals surface area contributed by atoms with E-state index in [1.54, 1.807) is 17.7 Å². The Kier molecular flexibility index (Phi) is 3.18. The molecule has 0 aliphatic heterocycles. The Morgan fingerprint density at radius 2 is 2.11 bits per heavy atom. The molecule has 0 radical (unpaired) electrons. The number of hydrogen-bond donors (Lipinski definition) is 2. The van der Waals surface area contributed by atoms with Gasteiger partial charge in [0, 0.05) is 6.54 Å². The number of hydrogen-bond acceptors (Lipinski definition) is 5. The van der Waals surface area contributed by atoms with Crippen LogP contribution in [0.15, 0.2) is 17.8 Å². The molecule has 18 heavy (non-hydrogen) atoms. The first kappa shape index (κ1) is 11.9. The van der Waals surface area contributed by atoms with Crippen LogP contribution in [-0.4, -0.2) is 22.1 Å². The number of aromatic nitrogens is 2. The predicted molar refractivity (Wildman–Crippen MR) is 75.9 cm³/mol. The lowest BCUT2D eigenvalue weighted by Crippen LogP contribution is -2.47. The average molecular weight is 262 g/mol. The maximum Gasteiger partial charge on any atom is 0.138 e. The van der Waals surface area contributed by atoms with Gasteiger partial charge in [0.05, 0.1) is 10.9 Å². The van der Waals surface area contributed by atoms with Crippen molar-refractivity contribution in [3.63, 3.8) is 0 Å². The zero-order chi connectivity index (χ0) is 12.4. The lowest BCUT2D eigenvalue weighted by Gasteiger charge is -2.37. The maximum atomic E-state index is 6.00. The summed E-state index contributed by atoms with van der Waals surface area (Å²) in [5.74, 6) is 0.939. The largest absolute Gasteiger partial charge is 0.363 e. The van der Waals surface area contributed by atoms with Crippen LogP contribution < -0.4 is 11.1 Å². The first-order chi connectivity index (χ1) is 8.83. The molecule has 1 fully saturated rings. The lowest BCUT2D eigenvalue weighted by atomic mass is 9.81. The van der Waals surface area contributed by atoms with Crippen LogP contribution in [0.25, 0.3) is 10.2 Å². The minimum atomic E-state index is 0.0292. The van der Waals surface area contributed by atoms with Gasteiger partial charge in [-0.3, -0.25) is 0 Å². The Balaban J connectivity index is 1.92. The van der Waals surface area contributed by atoms with E-state index >= 15 is 0 Å². The average Bonchev–Trinajstić information content (AvgIpc) is 2.89. The minimum Gasteiger partial charge on any atom is -0.363 e. The maximum absolute atomic E-state index is 6.00. The molecular weight excluding hydrogens is 244 g/mol. The van der Waals surface area contributed by atoms with Crippen molar-refractivity contribution < 1.29 is 0 Å². The molecule has 0 bridgehead atoms. The van der Waals surface area contributed by atoms with Gasteiger partial charge in [-0.15, -0.1) is 11.3 Å². The van der Waals surface area contributed by atoms with Gasteiger partial charge >= 0.3 is 0 Å². The van der Waals surface area contributed by atoms with Gasteiger partial charge in [-0.2, -0.15) is 0 Å². The van der Waals surface area contributed by atoms with Crippen molar-refractivity contribution in [2.24, 2.45) is 5.73 Å². The van der Waals surface area contributed by atoms with E-state index in [1.165, 1.54) is 19.3 Å². The van der Waals surface area contributed by atoms with Gasteiger partial charge in [0.15, 0.2) is 0 Å². The van der Waals surface area contributed by atoms with E-state index in [0.717, 1.165) is 28.9 Å². The first-order valence-corrected chi connectivity index (χ1v) is 7.37. The summed E-state index contributed by atoms with van der Waals surface area (Å²) in [4.78, 5) is 9.71. The van der Waals surface area contributed by atoms with Crippen LogP contribution >= 0.6 is 11.3 Å². The summed E-state index contributed by atoms with van der Waals surface area (Å²) in [6.45, 7) is 0.669. The Morgan fingerprint density at radius 3 is 2.89 bits per heavy atom. The van der Waals surface area contributed by atoms with Crippen LogP contribution in [0.4, 0.5) is 5.82 Å². The van der Waals surface area contributed by atoms with Crippen molar-refractivity contribution >= 4 is 27.4 Å². The predicted octanol–water partition coefficient (Wildman–Crippen LogP) is 2.76. The van der Waals surface area contributed by atoms with Crippen molar-refractivity contribution in [2.75, 3.05) is 11.9 Å². The third-order valence-electron chi connectivity index (χ3n) is 3.85. The summed E-state index contributed by atoms with van der Waals surface area (Å²) in [7, 11) is 0. The van der Waals surface area contributed by atoms with Gasteiger partial charge in [-0.25, -0.2) is 9.97 Å². The van der Waals surface area contributed by atoms with Crippen LogP contribution in [0, 0.1) is 0 Å². The summed E-state index contributed by atoms with van der Waals surface area (Å²) < 4.78 is 0. The standard InChI is InChI=1S/C13H18N4S/c14-8-13(5-2-1-3-6-13)17-11-10-4-7-18-12(10)16-9-15-11/h4,7,9H,1-3,5-6,8,14H2,(H,15,16,17). The van der Waals surface area contributed by atoms with Crippen molar-refractivity contribution in [3.8, 4) is 0 Å². The van der Waals surface area contributed by atoms with Crippen molar-refractivity contribution in [1.29, 1.82) is 0 Å². The number of rotatable bonds is 3. The fourth-order valence-corrected chi connectivity index (χ4v) is 3.48. The number of thiophene rings is 1. The van der Waals surface area contributed by atoms with Crippen molar-refractivity contribution in [1.82, 2.24) is 9.97 Å². The van der Waals surface area contributed by atoms with Gasteiger partial charge in [-0.05, 0) is 24.3 Å². The number of nitrogens with one attached hydrogen (secondary N) is 1. The molecule has 0 amide bonds. The first-order valence-electron chi connectivity index (χ1n) is 6.49. The number of nitrogens with zero attached hydrogens (tertiary/aromatic N) is 2. The van der Waals surface area contributed by atoms with E-state index in [-0.39, 0.29) is 5.54 Å². The Bertz CT molecular complexity index is 531. The minimum absolute atomic E-state index is 0.0292. The fourth-order valence-electron chi connectivity index (χ4n) is 2.75. The molecule has 0 atom stereocenters. The second-order valence-electron chi connectivity index (χ2n) is 5.03. The summed E-state index contributed by atoms with van der Waals surface area (Å²) in [6.07, 6.45) is 7.73. The molecule has 0 saturated heterocycles. The van der Waals surface area contributed by atoms with Crippen LogP contribution in [0.1, 0.15) is 32.1 Å². The van der Waals surface area contributed by atoms with Crippen molar-refractivity contribution in [2.45, 2.75) is 37.6 Å². The summed E-state index contributed by atoms with van der Waals surface area (Å²) in [5.41, 5.74) is 6.03. The highest BCUT2D eigenvalue weighted by Crippen LogP contribution is 2.33. The Morgan fingerprint density at radius 1 is 1.28 bits per heavy atom. The van der Waals surface area contributed by atoms with Gasteiger partial charge in [0.2, 0.25) is 0 Å². The zero-order valence-electron chi connectivity index (χ0n) is 10.4.